The molecule has 3 aliphatic rings. The molecule has 1 fully saturated rings. The molecule has 3 N–H and O–H groups in total. The highest BCUT2D eigenvalue weighted by Crippen LogP contribution is 2.32. The standard InChI is InChI=1S/C22H25FN8O5S/c1-11-9-31(15-7-26-21-18(27-15)28-16(32)10-37-21)22(34)36-14(11)6-24-3-4-35-20-12(23)5-13-19(29-20)30(2)17(33)8-25-13/h5,7,11,14,24-25H,3-4,6,8-10H2,1-2H3,(H,27,28,32)/t11?,14-/m1/s1. The number of cyclic esters (lactones) is 1. The molecule has 0 radical (unpaired) electrons. The van der Waals surface area contributed by atoms with E-state index < -0.39 is 18.0 Å². The Morgan fingerprint density at radius 1 is 1.32 bits per heavy atom. The van der Waals surface area contributed by atoms with E-state index in [1.165, 1.54) is 33.8 Å². The van der Waals surface area contributed by atoms with Crippen LogP contribution in [0.3, 0.4) is 0 Å². The van der Waals surface area contributed by atoms with E-state index in [0.29, 0.717) is 47.8 Å². The molecular formula is C22H25FN8O5S. The lowest BCUT2D eigenvalue weighted by molar-refractivity contribution is -0.117. The number of nitrogens with zero attached hydrogens (tertiary/aromatic N) is 5. The summed E-state index contributed by atoms with van der Waals surface area (Å²) in [6.45, 7) is 3.22. The number of pyridine rings is 1. The molecule has 2 aromatic heterocycles. The molecule has 3 aliphatic heterocycles. The van der Waals surface area contributed by atoms with Gasteiger partial charge in [-0.3, -0.25) is 19.4 Å². The van der Waals surface area contributed by atoms with E-state index in [-0.39, 0.29) is 42.5 Å². The quantitative estimate of drug-likeness (QED) is 0.439. The number of halogens is 1. The summed E-state index contributed by atoms with van der Waals surface area (Å²) in [5, 5.41) is 9.25. The first kappa shape index (κ1) is 25.0. The van der Waals surface area contributed by atoms with Gasteiger partial charge >= 0.3 is 6.09 Å². The van der Waals surface area contributed by atoms with Crippen LogP contribution in [0.4, 0.5) is 32.3 Å². The molecule has 0 aliphatic carbocycles. The molecule has 3 amide bonds. The van der Waals surface area contributed by atoms with Crippen molar-refractivity contribution in [1.82, 2.24) is 20.3 Å². The molecule has 196 valence electrons. The number of aromatic nitrogens is 3. The number of likely N-dealkylation sites (N-methyl/N-ethyl adjacent to an activating group) is 1. The first-order valence-electron chi connectivity index (χ1n) is 11.6. The Balaban J connectivity index is 1.11. The first-order valence-corrected chi connectivity index (χ1v) is 12.6. The maximum absolute atomic E-state index is 14.3. The zero-order valence-electron chi connectivity index (χ0n) is 20.1. The molecule has 5 heterocycles. The Hall–Kier alpha value is -3.72. The number of thioether (sulfide) groups is 1. The maximum Gasteiger partial charge on any atom is 0.415 e. The molecule has 2 aromatic rings. The summed E-state index contributed by atoms with van der Waals surface area (Å²) in [7, 11) is 1.57. The van der Waals surface area contributed by atoms with Crippen molar-refractivity contribution in [2.45, 2.75) is 18.1 Å². The Morgan fingerprint density at radius 3 is 3.00 bits per heavy atom. The van der Waals surface area contributed by atoms with Crippen LogP contribution in [0.1, 0.15) is 6.92 Å². The monoisotopic (exact) mass is 532 g/mol. The van der Waals surface area contributed by atoms with Crippen LogP contribution < -0.4 is 30.5 Å². The van der Waals surface area contributed by atoms with Crippen molar-refractivity contribution >= 4 is 52.8 Å². The van der Waals surface area contributed by atoms with E-state index >= 15 is 0 Å². The van der Waals surface area contributed by atoms with Gasteiger partial charge in [0.25, 0.3) is 5.88 Å². The predicted molar refractivity (Wildman–Crippen MR) is 133 cm³/mol. The molecule has 1 unspecified atom stereocenters. The second kappa shape index (κ2) is 10.3. The molecule has 13 nitrogen and oxygen atoms in total. The van der Waals surface area contributed by atoms with Crippen LogP contribution >= 0.6 is 11.8 Å². The number of anilines is 4. The first-order chi connectivity index (χ1) is 17.8. The summed E-state index contributed by atoms with van der Waals surface area (Å²) < 4.78 is 25.4. The lowest BCUT2D eigenvalue weighted by Crippen LogP contribution is -2.51. The van der Waals surface area contributed by atoms with Gasteiger partial charge in [-0.1, -0.05) is 18.7 Å². The van der Waals surface area contributed by atoms with Crippen LogP contribution in [-0.2, 0) is 14.3 Å². The predicted octanol–water partition coefficient (Wildman–Crippen LogP) is 1.07. The third-order valence-electron chi connectivity index (χ3n) is 6.09. The van der Waals surface area contributed by atoms with Crippen molar-refractivity contribution < 1.29 is 28.2 Å². The number of nitrogens with one attached hydrogen (secondary N) is 3. The largest absolute Gasteiger partial charge is 0.474 e. The number of fused-ring (bicyclic) bond motifs is 2. The lowest BCUT2D eigenvalue weighted by atomic mass is 10.0. The van der Waals surface area contributed by atoms with E-state index in [2.05, 4.69) is 30.9 Å². The van der Waals surface area contributed by atoms with Crippen LogP contribution in [0, 0.1) is 11.7 Å². The molecule has 15 heteroatoms. The van der Waals surface area contributed by atoms with Gasteiger partial charge in [0, 0.05) is 38.7 Å². The number of hydrogen-bond acceptors (Lipinski definition) is 11. The van der Waals surface area contributed by atoms with Gasteiger partial charge in [-0.25, -0.2) is 19.2 Å². The summed E-state index contributed by atoms with van der Waals surface area (Å²) in [6.07, 6.45) is 0.539. The average Bonchev–Trinajstić information content (AvgIpc) is 2.88. The molecule has 37 heavy (non-hydrogen) atoms. The number of amides is 3. The van der Waals surface area contributed by atoms with E-state index in [4.69, 9.17) is 9.47 Å². The second-order valence-electron chi connectivity index (χ2n) is 8.73. The summed E-state index contributed by atoms with van der Waals surface area (Å²) in [5.41, 5.74) is 0.428. The smallest absolute Gasteiger partial charge is 0.415 e. The Labute approximate surface area is 215 Å². The van der Waals surface area contributed by atoms with Gasteiger partial charge in [0.05, 0.1) is 24.2 Å². The summed E-state index contributed by atoms with van der Waals surface area (Å²) in [6, 6.07) is 1.25. The van der Waals surface area contributed by atoms with Crippen molar-refractivity contribution in [3.05, 3.63) is 18.1 Å². The minimum atomic E-state index is -0.632. The van der Waals surface area contributed by atoms with Gasteiger partial charge in [0.1, 0.15) is 17.7 Å². The number of hydrogen-bond donors (Lipinski definition) is 3. The highest BCUT2D eigenvalue weighted by atomic mass is 32.2. The van der Waals surface area contributed by atoms with Crippen molar-refractivity contribution in [3.8, 4) is 5.88 Å². The van der Waals surface area contributed by atoms with Gasteiger partial charge < -0.3 is 25.4 Å². The van der Waals surface area contributed by atoms with Crippen molar-refractivity contribution in [3.63, 3.8) is 0 Å². The van der Waals surface area contributed by atoms with Crippen LogP contribution in [0.15, 0.2) is 17.3 Å². The molecule has 0 saturated carbocycles. The van der Waals surface area contributed by atoms with E-state index in [0.717, 1.165) is 0 Å². The summed E-state index contributed by atoms with van der Waals surface area (Å²) in [5.74, 6) is 0.00790. The molecule has 0 bridgehead atoms. The highest BCUT2D eigenvalue weighted by molar-refractivity contribution is 8.00. The summed E-state index contributed by atoms with van der Waals surface area (Å²) >= 11 is 1.29. The number of carbonyl (C=O) groups excluding carboxylic acids is 3. The molecule has 0 spiro atoms. The van der Waals surface area contributed by atoms with Crippen molar-refractivity contribution in [2.75, 3.05) is 66.0 Å². The normalized spacial score (nSPS) is 21.0. The fourth-order valence-electron chi connectivity index (χ4n) is 4.03. The van der Waals surface area contributed by atoms with Crippen LogP contribution in [-0.4, -0.2) is 84.5 Å². The highest BCUT2D eigenvalue weighted by Gasteiger charge is 2.35. The van der Waals surface area contributed by atoms with Gasteiger partial charge in [-0.15, -0.1) is 0 Å². The molecule has 0 aromatic carbocycles. The number of carbonyl (C=O) groups is 3. The van der Waals surface area contributed by atoms with Crippen LogP contribution in [0.25, 0.3) is 0 Å². The van der Waals surface area contributed by atoms with Gasteiger partial charge in [0.2, 0.25) is 11.8 Å². The molecular weight excluding hydrogens is 507 g/mol. The number of ether oxygens (including phenoxy) is 2. The van der Waals surface area contributed by atoms with Crippen molar-refractivity contribution in [1.29, 1.82) is 0 Å². The molecule has 2 atom stereocenters. The van der Waals surface area contributed by atoms with Gasteiger partial charge in [0.15, 0.2) is 23.3 Å². The van der Waals surface area contributed by atoms with Gasteiger partial charge in [-0.2, -0.15) is 4.98 Å². The van der Waals surface area contributed by atoms with E-state index in [1.807, 2.05) is 6.92 Å². The van der Waals surface area contributed by atoms with E-state index in [1.54, 1.807) is 7.05 Å². The fraction of sp³-hybridized carbons (Fsp3) is 0.455. The zero-order chi connectivity index (χ0) is 26.1. The lowest BCUT2D eigenvalue weighted by Gasteiger charge is -2.36. The maximum atomic E-state index is 14.3. The Morgan fingerprint density at radius 2 is 2.16 bits per heavy atom. The fourth-order valence-corrected chi connectivity index (χ4v) is 4.73. The zero-order valence-corrected chi connectivity index (χ0v) is 20.9. The third kappa shape index (κ3) is 5.22. The summed E-state index contributed by atoms with van der Waals surface area (Å²) in [4.78, 5) is 51.7. The minimum Gasteiger partial charge on any atom is -0.474 e. The topological polar surface area (TPSA) is 151 Å². The number of rotatable bonds is 7. The molecule has 5 rings (SSSR count). The van der Waals surface area contributed by atoms with E-state index in [9.17, 15) is 18.8 Å². The van der Waals surface area contributed by atoms with Gasteiger partial charge in [-0.05, 0) is 0 Å². The third-order valence-corrected chi connectivity index (χ3v) is 7.07. The average molecular weight is 533 g/mol. The second-order valence-corrected chi connectivity index (χ2v) is 9.70. The Bertz CT molecular complexity index is 1250. The van der Waals surface area contributed by atoms with Crippen LogP contribution in [0.2, 0.25) is 0 Å². The minimum absolute atomic E-state index is 0.0340. The Kier molecular flexibility index (Phi) is 6.97. The SMILES string of the molecule is CC1CN(c2cnc3c(n2)NC(=O)CS3)C(=O)O[C@@H]1CNCCOc1nc2c(cc1F)NCC(=O)N2C. The molecule has 1 saturated heterocycles. The van der Waals surface area contributed by atoms with Crippen molar-refractivity contribution in [2.24, 2.45) is 5.92 Å². The van der Waals surface area contributed by atoms with Crippen LogP contribution in [0.5, 0.6) is 5.88 Å².